The molecule has 0 aromatic carbocycles. The minimum Gasteiger partial charge on any atom is -0.250 e. The van der Waals surface area contributed by atoms with Crippen LogP contribution in [0.4, 0.5) is 0 Å². The molecule has 0 spiro atoms. The number of rotatable bonds is 0. The van der Waals surface area contributed by atoms with Gasteiger partial charge < -0.3 is 0 Å². The Kier molecular flexibility index (Phi) is 1.36. The highest BCUT2D eigenvalue weighted by atomic mass is 79.9. The van der Waals surface area contributed by atoms with Crippen molar-refractivity contribution in [2.45, 2.75) is 0 Å². The van der Waals surface area contributed by atoms with E-state index < -0.39 is 0 Å². The Morgan fingerprint density at radius 2 is 2.43 bits per heavy atom. The van der Waals surface area contributed by atoms with E-state index in [-0.39, 0.29) is 0 Å². The highest BCUT2D eigenvalue weighted by molar-refractivity contribution is 9.10. The summed E-state index contributed by atoms with van der Waals surface area (Å²) in [7, 11) is 0. The summed E-state index contributed by atoms with van der Waals surface area (Å²) >= 11 is 3.08. The highest BCUT2D eigenvalue weighted by Gasteiger charge is 1.78. The number of hydrogen-bond acceptors (Lipinski definition) is 2. The second kappa shape index (κ2) is 2.02. The van der Waals surface area contributed by atoms with E-state index in [1.165, 1.54) is 0 Å². The predicted molar refractivity (Wildman–Crippen MR) is 28.6 cm³/mol. The van der Waals surface area contributed by atoms with Gasteiger partial charge in [-0.25, -0.2) is 4.98 Å². The van der Waals surface area contributed by atoms with Gasteiger partial charge >= 0.3 is 0 Å². The molecule has 0 saturated heterocycles. The van der Waals surface area contributed by atoms with Gasteiger partial charge in [-0.05, 0) is 15.9 Å². The van der Waals surface area contributed by atoms with E-state index in [9.17, 15) is 0 Å². The fourth-order valence-electron chi connectivity index (χ4n) is 0.252. The van der Waals surface area contributed by atoms with Gasteiger partial charge in [0.1, 0.15) is 10.8 Å². The Morgan fingerprint density at radius 1 is 1.57 bits per heavy atom. The van der Waals surface area contributed by atoms with Crippen LogP contribution in [0, 0.1) is 6.20 Å². The molecule has 1 aromatic rings. The van der Waals surface area contributed by atoms with Crippen LogP contribution in [-0.2, 0) is 0 Å². The summed E-state index contributed by atoms with van der Waals surface area (Å²) < 4.78 is 0.648. The van der Waals surface area contributed by atoms with Gasteiger partial charge in [-0.1, -0.05) is 0 Å². The van der Waals surface area contributed by atoms with Gasteiger partial charge in [-0.15, -0.1) is 0 Å². The zero-order chi connectivity index (χ0) is 5.11. The summed E-state index contributed by atoms with van der Waals surface area (Å²) in [4.78, 5) is 7.43. The Bertz CT molecular complexity index is 140. The molecule has 0 bridgehead atoms. The number of halogens is 1. The molecule has 0 N–H and O–H groups in total. The SMILES string of the molecule is Brc1[c]nccn1. The van der Waals surface area contributed by atoms with Gasteiger partial charge in [-0.3, -0.25) is 4.98 Å². The summed E-state index contributed by atoms with van der Waals surface area (Å²) in [5, 5.41) is 0. The average Bonchev–Trinajstić information content (AvgIpc) is 1.69. The monoisotopic (exact) mass is 157 g/mol. The molecule has 35 valence electrons. The highest BCUT2D eigenvalue weighted by Crippen LogP contribution is 1.96. The Morgan fingerprint density at radius 3 is 2.71 bits per heavy atom. The van der Waals surface area contributed by atoms with Crippen molar-refractivity contribution >= 4 is 15.9 Å². The van der Waals surface area contributed by atoms with E-state index in [0.29, 0.717) is 4.60 Å². The van der Waals surface area contributed by atoms with E-state index >= 15 is 0 Å². The number of hydrogen-bond donors (Lipinski definition) is 0. The lowest BCUT2D eigenvalue weighted by atomic mass is 10.8. The minimum absolute atomic E-state index is 0.648. The Hall–Kier alpha value is -0.440. The number of nitrogens with zero attached hydrogens (tertiary/aromatic N) is 2. The lowest BCUT2D eigenvalue weighted by Gasteiger charge is -1.78. The van der Waals surface area contributed by atoms with Crippen molar-refractivity contribution in [1.82, 2.24) is 9.97 Å². The molecule has 1 radical (unpaired) electrons. The smallest absolute Gasteiger partial charge is 0.134 e. The van der Waals surface area contributed by atoms with Crippen molar-refractivity contribution in [1.29, 1.82) is 0 Å². The molecule has 2 nitrogen and oxygen atoms in total. The normalized spacial score (nSPS) is 8.71. The third kappa shape index (κ3) is 1.23. The molecule has 0 fully saturated rings. The summed E-state index contributed by atoms with van der Waals surface area (Å²) in [6.07, 6.45) is 5.76. The topological polar surface area (TPSA) is 25.8 Å². The largest absolute Gasteiger partial charge is 0.250 e. The first-order chi connectivity index (χ1) is 3.39. The molecule has 0 saturated carbocycles. The van der Waals surface area contributed by atoms with Crippen LogP contribution in [0.5, 0.6) is 0 Å². The summed E-state index contributed by atoms with van der Waals surface area (Å²) in [5.74, 6) is 0. The molecule has 1 aromatic heterocycles. The third-order valence-electron chi connectivity index (χ3n) is 0.486. The second-order valence-electron chi connectivity index (χ2n) is 0.959. The van der Waals surface area contributed by atoms with Crippen LogP contribution in [0.15, 0.2) is 17.0 Å². The van der Waals surface area contributed by atoms with E-state index in [0.717, 1.165) is 0 Å². The lowest BCUT2D eigenvalue weighted by molar-refractivity contribution is 1.15. The maximum Gasteiger partial charge on any atom is 0.134 e. The Labute approximate surface area is 49.7 Å². The van der Waals surface area contributed by atoms with Crippen LogP contribution in [-0.4, -0.2) is 9.97 Å². The minimum atomic E-state index is 0.648. The van der Waals surface area contributed by atoms with E-state index in [4.69, 9.17) is 0 Å². The fraction of sp³-hybridized carbons (Fsp3) is 0. The second-order valence-corrected chi connectivity index (χ2v) is 1.71. The third-order valence-corrected chi connectivity index (χ3v) is 0.868. The fourth-order valence-corrected chi connectivity index (χ4v) is 0.472. The first kappa shape index (κ1) is 4.71. The average molecular weight is 158 g/mol. The van der Waals surface area contributed by atoms with E-state index in [1.807, 2.05) is 0 Å². The summed E-state index contributed by atoms with van der Waals surface area (Å²) in [6, 6.07) is 0. The van der Waals surface area contributed by atoms with Crippen LogP contribution in [0.25, 0.3) is 0 Å². The lowest BCUT2D eigenvalue weighted by Crippen LogP contribution is -1.73. The molecule has 0 amide bonds. The van der Waals surface area contributed by atoms with Crippen LogP contribution < -0.4 is 0 Å². The molecule has 0 aliphatic carbocycles. The molecule has 3 heteroatoms. The molecule has 1 rings (SSSR count). The van der Waals surface area contributed by atoms with Gasteiger partial charge in [0.15, 0.2) is 0 Å². The van der Waals surface area contributed by atoms with Crippen LogP contribution in [0.3, 0.4) is 0 Å². The van der Waals surface area contributed by atoms with Crippen molar-refractivity contribution in [2.24, 2.45) is 0 Å². The van der Waals surface area contributed by atoms with Crippen LogP contribution in [0.2, 0.25) is 0 Å². The summed E-state index contributed by atoms with van der Waals surface area (Å²) in [6.45, 7) is 0. The number of aromatic nitrogens is 2. The van der Waals surface area contributed by atoms with Gasteiger partial charge in [-0.2, -0.15) is 0 Å². The van der Waals surface area contributed by atoms with E-state index in [2.05, 4.69) is 32.1 Å². The van der Waals surface area contributed by atoms with E-state index in [1.54, 1.807) is 12.4 Å². The van der Waals surface area contributed by atoms with Gasteiger partial charge in [0.2, 0.25) is 0 Å². The molecule has 7 heavy (non-hydrogen) atoms. The molecule has 0 aliphatic heterocycles. The maximum absolute atomic E-state index is 3.78. The zero-order valence-corrected chi connectivity index (χ0v) is 5.01. The van der Waals surface area contributed by atoms with Crippen molar-refractivity contribution < 1.29 is 0 Å². The predicted octanol–water partition coefficient (Wildman–Crippen LogP) is 1.04. The molecule has 1 heterocycles. The molecular formula is C4H2BrN2. The van der Waals surface area contributed by atoms with Crippen molar-refractivity contribution in [2.75, 3.05) is 0 Å². The van der Waals surface area contributed by atoms with Crippen LogP contribution in [0.1, 0.15) is 0 Å². The quantitative estimate of drug-likeness (QED) is 0.563. The van der Waals surface area contributed by atoms with Crippen molar-refractivity contribution in [3.8, 4) is 0 Å². The first-order valence-corrected chi connectivity index (χ1v) is 2.53. The maximum atomic E-state index is 3.78. The van der Waals surface area contributed by atoms with Gasteiger partial charge in [0.25, 0.3) is 0 Å². The van der Waals surface area contributed by atoms with Gasteiger partial charge in [0.05, 0.1) is 0 Å². The molecule has 0 unspecified atom stereocenters. The summed E-state index contributed by atoms with van der Waals surface area (Å²) in [5.41, 5.74) is 0. The first-order valence-electron chi connectivity index (χ1n) is 1.74. The Balaban J connectivity index is 3.02. The van der Waals surface area contributed by atoms with Crippen molar-refractivity contribution in [3.05, 3.63) is 23.2 Å². The van der Waals surface area contributed by atoms with Crippen LogP contribution >= 0.6 is 15.9 Å². The zero-order valence-electron chi connectivity index (χ0n) is 3.43. The molecule has 0 aliphatic rings. The van der Waals surface area contributed by atoms with Crippen molar-refractivity contribution in [3.63, 3.8) is 0 Å². The standard InChI is InChI=1S/C4H2BrN2/c5-4-3-6-1-2-7-4/h1-2H. The molecule has 0 atom stereocenters. The molecular weight excluding hydrogens is 156 g/mol. The van der Waals surface area contributed by atoms with Gasteiger partial charge in [0, 0.05) is 12.4 Å².